The quantitative estimate of drug-likeness (QED) is 0.184. The summed E-state index contributed by atoms with van der Waals surface area (Å²) in [6.07, 6.45) is 7.07. The van der Waals surface area contributed by atoms with E-state index in [1.165, 1.54) is 22.3 Å². The molecule has 0 aromatic heterocycles. The Morgan fingerprint density at radius 3 is 2.58 bits per heavy atom. The second-order valence-electron chi connectivity index (χ2n) is 7.35. The van der Waals surface area contributed by atoms with E-state index in [-0.39, 0.29) is 18.0 Å². The largest absolute Gasteiger partial charge is 0.461 e. The van der Waals surface area contributed by atoms with Gasteiger partial charge in [-0.15, -0.1) is 0 Å². The molecule has 1 heterocycles. The lowest BCUT2D eigenvalue weighted by molar-refractivity contribution is -0.150. The lowest BCUT2D eigenvalue weighted by Gasteiger charge is -2.22. The minimum Gasteiger partial charge on any atom is -0.461 e. The summed E-state index contributed by atoms with van der Waals surface area (Å²) in [5.41, 5.74) is 4.13. The van der Waals surface area contributed by atoms with E-state index in [1.54, 1.807) is 0 Å². The monoisotopic (exact) mass is 442 g/mol. The zero-order valence-corrected chi connectivity index (χ0v) is 17.2. The Bertz CT molecular complexity index is 610. The van der Waals surface area contributed by atoms with Crippen LogP contribution in [0, 0.1) is 11.3 Å². The zero-order valence-electron chi connectivity index (χ0n) is 15.0. The highest BCUT2D eigenvalue weighted by Crippen LogP contribution is 2.55. The Hall–Kier alpha value is -0.910. The highest BCUT2D eigenvalue weighted by atomic mass is 127. The number of hydrogen-bond acceptors (Lipinski definition) is 3. The molecule has 24 heavy (non-hydrogen) atoms. The second-order valence-corrected chi connectivity index (χ2v) is 7.98. The van der Waals surface area contributed by atoms with Crippen LogP contribution in [0.15, 0.2) is 32.5 Å². The van der Waals surface area contributed by atoms with Gasteiger partial charge in [-0.1, -0.05) is 51.0 Å². The molecule has 2 fully saturated rings. The molecule has 0 unspecified atom stereocenters. The molecular formula is C20H27IO3. The van der Waals surface area contributed by atoms with Gasteiger partial charge in [-0.3, -0.25) is 4.79 Å². The molecule has 1 saturated heterocycles. The van der Waals surface area contributed by atoms with Gasteiger partial charge in [-0.25, -0.2) is 0 Å². The van der Waals surface area contributed by atoms with E-state index in [0.717, 1.165) is 32.0 Å². The van der Waals surface area contributed by atoms with Crippen LogP contribution in [0.1, 0.15) is 59.8 Å². The fourth-order valence-corrected chi connectivity index (χ4v) is 4.28. The Morgan fingerprint density at radius 1 is 1.29 bits per heavy atom. The van der Waals surface area contributed by atoms with Gasteiger partial charge in [0.1, 0.15) is 17.8 Å². The van der Waals surface area contributed by atoms with Crippen molar-refractivity contribution in [3.8, 4) is 0 Å². The van der Waals surface area contributed by atoms with Crippen LogP contribution in [-0.2, 0) is 14.3 Å². The minimum atomic E-state index is -0.932. The van der Waals surface area contributed by atoms with Crippen LogP contribution in [-0.4, -0.2) is 18.4 Å². The van der Waals surface area contributed by atoms with E-state index >= 15 is 0 Å². The Balaban J connectivity index is 2.16. The van der Waals surface area contributed by atoms with E-state index in [0.29, 0.717) is 6.42 Å². The molecule has 0 aromatic rings. The lowest BCUT2D eigenvalue weighted by atomic mass is 9.75. The third-order valence-corrected chi connectivity index (χ3v) is 6.41. The zero-order chi connectivity index (χ0) is 17.9. The fraction of sp³-hybridized carbons (Fsp3) is 0.600. The number of ether oxygens (including phenoxy) is 1. The summed E-state index contributed by atoms with van der Waals surface area (Å²) in [4.78, 5) is 24.2. The number of carbonyl (C=O) groups is 2. The molecule has 0 spiro atoms. The number of aldehydes is 1. The molecule has 2 rings (SSSR count). The predicted octanol–water partition coefficient (Wildman–Crippen LogP) is 5.30. The van der Waals surface area contributed by atoms with Gasteiger partial charge in [-0.05, 0) is 57.5 Å². The van der Waals surface area contributed by atoms with Gasteiger partial charge in [0, 0.05) is 12.3 Å². The molecule has 0 N–H and O–H groups in total. The second kappa shape index (κ2) is 7.98. The third kappa shape index (κ3) is 3.68. The lowest BCUT2D eigenvalue weighted by Crippen LogP contribution is -2.32. The average molecular weight is 442 g/mol. The summed E-state index contributed by atoms with van der Waals surface area (Å²) in [6, 6.07) is 0. The van der Waals surface area contributed by atoms with E-state index < -0.39 is 5.41 Å². The topological polar surface area (TPSA) is 43.4 Å². The number of halogens is 1. The van der Waals surface area contributed by atoms with Crippen molar-refractivity contribution in [2.75, 3.05) is 0 Å². The first-order valence-corrected chi connectivity index (χ1v) is 9.85. The highest BCUT2D eigenvalue weighted by molar-refractivity contribution is 14.1. The molecule has 3 nitrogen and oxygen atoms in total. The molecule has 0 radical (unpaired) electrons. The first kappa shape index (κ1) is 19.4. The van der Waals surface area contributed by atoms with Crippen LogP contribution in [0.25, 0.3) is 0 Å². The smallest absolute Gasteiger partial charge is 0.320 e. The highest BCUT2D eigenvalue weighted by Gasteiger charge is 2.61. The van der Waals surface area contributed by atoms with Crippen molar-refractivity contribution in [1.82, 2.24) is 0 Å². The molecule has 2 aliphatic rings. The molecule has 4 heteroatoms. The summed E-state index contributed by atoms with van der Waals surface area (Å²) in [5, 5.41) is 0. The molecule has 1 aliphatic carbocycles. The first-order chi connectivity index (χ1) is 11.4. The van der Waals surface area contributed by atoms with Crippen molar-refractivity contribution >= 4 is 34.8 Å². The normalized spacial score (nSPS) is 30.4. The van der Waals surface area contributed by atoms with Crippen molar-refractivity contribution in [3.63, 3.8) is 0 Å². The van der Waals surface area contributed by atoms with E-state index in [4.69, 9.17) is 4.74 Å². The van der Waals surface area contributed by atoms with Crippen LogP contribution < -0.4 is 0 Å². The number of carbonyl (C=O) groups excluding carboxylic acids is 2. The number of esters is 1. The van der Waals surface area contributed by atoms with Gasteiger partial charge in [0.15, 0.2) is 0 Å². The van der Waals surface area contributed by atoms with Gasteiger partial charge < -0.3 is 9.53 Å². The summed E-state index contributed by atoms with van der Waals surface area (Å²) >= 11 is 2.27. The summed E-state index contributed by atoms with van der Waals surface area (Å²) in [6.45, 7) is 8.36. The summed E-state index contributed by atoms with van der Waals surface area (Å²) in [5.74, 6) is -0.396. The molecule has 0 bridgehead atoms. The average Bonchev–Trinajstić information content (AvgIpc) is 3.05. The molecule has 1 saturated carbocycles. The number of rotatable bonds is 6. The molecule has 0 amide bonds. The van der Waals surface area contributed by atoms with Crippen LogP contribution >= 0.6 is 22.6 Å². The van der Waals surface area contributed by atoms with E-state index in [9.17, 15) is 9.59 Å². The van der Waals surface area contributed by atoms with Crippen LogP contribution in [0.2, 0.25) is 0 Å². The predicted molar refractivity (Wildman–Crippen MR) is 105 cm³/mol. The third-order valence-electron chi connectivity index (χ3n) is 5.34. The van der Waals surface area contributed by atoms with Crippen molar-refractivity contribution in [3.05, 3.63) is 32.5 Å². The summed E-state index contributed by atoms with van der Waals surface area (Å²) in [7, 11) is 0. The maximum absolute atomic E-state index is 12.4. The number of allylic oxidation sites excluding steroid dienone is 3. The Labute approximate surface area is 158 Å². The van der Waals surface area contributed by atoms with Crippen LogP contribution in [0.5, 0.6) is 0 Å². The van der Waals surface area contributed by atoms with Gasteiger partial charge in [0.05, 0.1) is 0 Å². The minimum absolute atomic E-state index is 0.0770. The molecule has 132 valence electrons. The molecule has 0 aromatic carbocycles. The standard InChI is InChI=1S/C20H27IO3/c1-13(2)16-8-9-20(12-22)18(16)17(24-19(20)23)10-14(3)6-5-7-15(4)11-21/h6,11-12,17-18H,5,7-10H2,1-4H3/b14-6+,15-11+/t17-,18-,20+/m0/s1. The van der Waals surface area contributed by atoms with Crippen molar-refractivity contribution in [2.24, 2.45) is 11.3 Å². The van der Waals surface area contributed by atoms with E-state index in [1.807, 2.05) is 0 Å². The van der Waals surface area contributed by atoms with Crippen LogP contribution in [0.4, 0.5) is 0 Å². The van der Waals surface area contributed by atoms with E-state index in [2.05, 4.69) is 60.4 Å². The fourth-order valence-electron chi connectivity index (χ4n) is 3.97. The maximum atomic E-state index is 12.4. The van der Waals surface area contributed by atoms with Crippen molar-refractivity contribution < 1.29 is 14.3 Å². The number of hydrogen-bond donors (Lipinski definition) is 0. The van der Waals surface area contributed by atoms with Gasteiger partial charge in [0.25, 0.3) is 0 Å². The van der Waals surface area contributed by atoms with Gasteiger partial charge >= 0.3 is 5.97 Å². The molecule has 1 aliphatic heterocycles. The Kier molecular flexibility index (Phi) is 6.46. The van der Waals surface area contributed by atoms with Gasteiger partial charge in [-0.2, -0.15) is 0 Å². The molecular weight excluding hydrogens is 415 g/mol. The Morgan fingerprint density at radius 2 is 2.00 bits per heavy atom. The van der Waals surface area contributed by atoms with Crippen LogP contribution in [0.3, 0.4) is 0 Å². The summed E-state index contributed by atoms with van der Waals surface area (Å²) < 4.78 is 7.77. The number of fused-ring (bicyclic) bond motifs is 1. The molecule has 3 atom stereocenters. The maximum Gasteiger partial charge on any atom is 0.320 e. The number of cyclic esters (lactones) is 1. The van der Waals surface area contributed by atoms with Crippen molar-refractivity contribution in [1.29, 1.82) is 0 Å². The van der Waals surface area contributed by atoms with Gasteiger partial charge in [0.2, 0.25) is 0 Å². The first-order valence-electron chi connectivity index (χ1n) is 8.61. The SMILES string of the molecule is CC(C)=C1CC[C@]2(C=O)C(=O)O[C@@H](C/C(C)=C/CC/C(C)=C/I)[C@H]12. The van der Waals surface area contributed by atoms with Crippen molar-refractivity contribution in [2.45, 2.75) is 65.9 Å².